The number of allylic oxidation sites excluding steroid dienone is 3. The van der Waals surface area contributed by atoms with Crippen LogP contribution < -0.4 is 0 Å². The first-order valence-corrected chi connectivity index (χ1v) is 8.92. The van der Waals surface area contributed by atoms with Gasteiger partial charge in [-0.25, -0.2) is 0 Å². The van der Waals surface area contributed by atoms with Crippen LogP contribution >= 0.6 is 0 Å². The summed E-state index contributed by atoms with van der Waals surface area (Å²) in [7, 11) is 3.92. The van der Waals surface area contributed by atoms with Gasteiger partial charge in [-0.05, 0) is 58.5 Å². The third-order valence-corrected chi connectivity index (χ3v) is 4.19. The van der Waals surface area contributed by atoms with E-state index in [0.717, 1.165) is 11.1 Å². The van der Waals surface area contributed by atoms with Gasteiger partial charge in [-0.3, -0.25) is 4.79 Å². The van der Waals surface area contributed by atoms with Crippen LogP contribution in [0.2, 0.25) is 0 Å². The second-order valence-corrected chi connectivity index (χ2v) is 7.76. The van der Waals surface area contributed by atoms with E-state index in [1.807, 2.05) is 31.3 Å². The van der Waals surface area contributed by atoms with E-state index in [0.29, 0.717) is 11.1 Å². The maximum absolute atomic E-state index is 12.4. The van der Waals surface area contributed by atoms with E-state index >= 15 is 0 Å². The normalized spacial score (nSPS) is 12.1. The maximum atomic E-state index is 12.4. The molecule has 138 valence electrons. The molecule has 2 aromatic rings. The Labute approximate surface area is 162 Å². The summed E-state index contributed by atoms with van der Waals surface area (Å²) in [5.41, 5.74) is 4.50. The minimum atomic E-state index is -0.0875. The Hall–Kier alpha value is -3.12. The maximum Gasteiger partial charge on any atom is 0.185 e. The number of benzene rings is 2. The van der Waals surface area contributed by atoms with Crippen molar-refractivity contribution in [3.63, 3.8) is 0 Å². The van der Waals surface area contributed by atoms with E-state index in [1.54, 1.807) is 30.3 Å². The summed E-state index contributed by atoms with van der Waals surface area (Å²) in [6, 6.07) is 17.2. The Morgan fingerprint density at radius 3 is 1.96 bits per heavy atom. The van der Waals surface area contributed by atoms with Crippen LogP contribution in [-0.4, -0.2) is 24.8 Å². The van der Waals surface area contributed by atoms with Crippen LogP contribution in [0.1, 0.15) is 47.8 Å². The van der Waals surface area contributed by atoms with Crippen molar-refractivity contribution in [2.24, 2.45) is 0 Å². The molecule has 3 nitrogen and oxygen atoms in total. The highest BCUT2D eigenvalue weighted by molar-refractivity contribution is 6.05. The van der Waals surface area contributed by atoms with Crippen LogP contribution in [0.3, 0.4) is 0 Å². The number of ketones is 1. The van der Waals surface area contributed by atoms with E-state index < -0.39 is 0 Å². The van der Waals surface area contributed by atoms with Gasteiger partial charge in [-0.1, -0.05) is 45.0 Å². The van der Waals surface area contributed by atoms with Gasteiger partial charge in [0.25, 0.3) is 0 Å². The molecule has 0 fully saturated rings. The largest absolute Gasteiger partial charge is 0.383 e. The Morgan fingerprint density at radius 2 is 1.48 bits per heavy atom. The van der Waals surface area contributed by atoms with Gasteiger partial charge in [0.1, 0.15) is 0 Å². The Balaban J connectivity index is 2.27. The smallest absolute Gasteiger partial charge is 0.185 e. The number of rotatable bonds is 5. The van der Waals surface area contributed by atoms with Crippen molar-refractivity contribution >= 4 is 11.4 Å². The number of hydrogen-bond acceptors (Lipinski definition) is 3. The molecule has 0 aliphatic carbocycles. The number of carbonyl (C=O) groups is 1. The molecule has 0 radical (unpaired) electrons. The van der Waals surface area contributed by atoms with Crippen molar-refractivity contribution in [3.8, 4) is 6.07 Å². The van der Waals surface area contributed by atoms with E-state index in [2.05, 4.69) is 51.1 Å². The Kier molecular flexibility index (Phi) is 6.36. The van der Waals surface area contributed by atoms with Crippen molar-refractivity contribution in [2.75, 3.05) is 14.1 Å². The van der Waals surface area contributed by atoms with Gasteiger partial charge in [-0.15, -0.1) is 0 Å². The summed E-state index contributed by atoms with van der Waals surface area (Å²) >= 11 is 0. The predicted molar refractivity (Wildman–Crippen MR) is 111 cm³/mol. The van der Waals surface area contributed by atoms with Crippen molar-refractivity contribution in [1.82, 2.24) is 4.90 Å². The van der Waals surface area contributed by atoms with Gasteiger partial charge >= 0.3 is 0 Å². The molecule has 0 spiro atoms. The molecule has 0 amide bonds. The summed E-state index contributed by atoms with van der Waals surface area (Å²) < 4.78 is 0. The third kappa shape index (κ3) is 5.69. The molecular formula is C24H26N2O. The minimum absolute atomic E-state index is 0.0875. The molecule has 0 aliphatic rings. The van der Waals surface area contributed by atoms with Gasteiger partial charge in [0.05, 0.1) is 11.6 Å². The van der Waals surface area contributed by atoms with Crippen LogP contribution in [0.4, 0.5) is 0 Å². The minimum Gasteiger partial charge on any atom is -0.383 e. The molecule has 2 rings (SSSR count). The number of nitriles is 1. The molecule has 27 heavy (non-hydrogen) atoms. The first-order valence-electron chi connectivity index (χ1n) is 8.92. The summed E-state index contributed by atoms with van der Waals surface area (Å²) in [4.78, 5) is 14.4. The highest BCUT2D eigenvalue weighted by atomic mass is 16.1. The van der Waals surface area contributed by atoms with Crippen LogP contribution in [0.5, 0.6) is 0 Å². The summed E-state index contributed by atoms with van der Waals surface area (Å²) in [5.74, 6) is -0.0875. The van der Waals surface area contributed by atoms with Gasteiger partial charge in [-0.2, -0.15) is 5.26 Å². The van der Waals surface area contributed by atoms with Crippen LogP contribution in [0.15, 0.2) is 66.9 Å². The van der Waals surface area contributed by atoms with Crippen molar-refractivity contribution in [1.29, 1.82) is 5.26 Å². The van der Waals surface area contributed by atoms with Crippen LogP contribution in [-0.2, 0) is 5.41 Å². The van der Waals surface area contributed by atoms with Crippen molar-refractivity contribution in [3.05, 3.63) is 89.1 Å². The zero-order valence-corrected chi connectivity index (χ0v) is 16.7. The molecule has 3 heteroatoms. The molecule has 0 N–H and O–H groups in total. The molecular weight excluding hydrogens is 332 g/mol. The average Bonchev–Trinajstić information content (AvgIpc) is 2.64. The lowest BCUT2D eigenvalue weighted by atomic mass is 9.86. The SMILES string of the molecule is CN(C)/C=C(/C=C\C(=O)c1ccc(C#N)cc1)c1ccc(C(C)(C)C)cc1. The monoisotopic (exact) mass is 358 g/mol. The summed E-state index contributed by atoms with van der Waals surface area (Å²) in [5, 5.41) is 8.86. The van der Waals surface area contributed by atoms with Gasteiger partial charge < -0.3 is 4.90 Å². The van der Waals surface area contributed by atoms with Crippen LogP contribution in [0.25, 0.3) is 5.57 Å². The fourth-order valence-corrected chi connectivity index (χ4v) is 2.63. The first-order chi connectivity index (χ1) is 12.7. The lowest BCUT2D eigenvalue weighted by Gasteiger charge is -2.19. The predicted octanol–water partition coefficient (Wildman–Crippen LogP) is 5.20. The topological polar surface area (TPSA) is 44.1 Å². The van der Waals surface area contributed by atoms with E-state index in [1.165, 1.54) is 5.56 Å². The van der Waals surface area contributed by atoms with Crippen molar-refractivity contribution < 1.29 is 4.79 Å². The highest BCUT2D eigenvalue weighted by Crippen LogP contribution is 2.25. The highest BCUT2D eigenvalue weighted by Gasteiger charge is 2.13. The van der Waals surface area contributed by atoms with Crippen molar-refractivity contribution in [2.45, 2.75) is 26.2 Å². The van der Waals surface area contributed by atoms with E-state index in [4.69, 9.17) is 5.26 Å². The van der Waals surface area contributed by atoms with E-state index in [9.17, 15) is 4.79 Å². The molecule has 0 saturated carbocycles. The van der Waals surface area contributed by atoms with Gasteiger partial charge in [0.2, 0.25) is 0 Å². The van der Waals surface area contributed by atoms with Gasteiger partial charge in [0, 0.05) is 25.9 Å². The second kappa shape index (κ2) is 8.51. The molecule has 0 unspecified atom stereocenters. The zero-order chi connectivity index (χ0) is 20.0. The van der Waals surface area contributed by atoms with Gasteiger partial charge in [0.15, 0.2) is 5.78 Å². The quantitative estimate of drug-likeness (QED) is 0.419. The first kappa shape index (κ1) is 20.2. The fraction of sp³-hybridized carbons (Fsp3) is 0.250. The standard InChI is InChI=1S/C24H26N2O/c1-24(2,3)22-13-10-19(11-14-22)21(17-26(4)5)12-15-23(27)20-8-6-18(16-25)7-9-20/h6-15,17H,1-5H3/b15-12-,21-17-. The molecule has 0 saturated heterocycles. The second-order valence-electron chi connectivity index (χ2n) is 7.76. The van der Waals surface area contributed by atoms with Crippen LogP contribution in [0, 0.1) is 11.3 Å². The molecule has 0 aromatic heterocycles. The number of hydrogen-bond donors (Lipinski definition) is 0. The number of carbonyl (C=O) groups excluding carboxylic acids is 1. The number of nitrogens with zero attached hydrogens (tertiary/aromatic N) is 2. The molecule has 0 heterocycles. The third-order valence-electron chi connectivity index (χ3n) is 4.19. The fourth-order valence-electron chi connectivity index (χ4n) is 2.63. The molecule has 0 atom stereocenters. The lowest BCUT2D eigenvalue weighted by molar-refractivity contribution is 0.104. The zero-order valence-electron chi connectivity index (χ0n) is 16.7. The Bertz CT molecular complexity index is 887. The summed E-state index contributed by atoms with van der Waals surface area (Å²) in [6.07, 6.45) is 5.41. The molecule has 0 bridgehead atoms. The lowest BCUT2D eigenvalue weighted by Crippen LogP contribution is -2.10. The van der Waals surface area contributed by atoms with E-state index in [-0.39, 0.29) is 11.2 Å². The Morgan fingerprint density at radius 1 is 0.926 bits per heavy atom. The summed E-state index contributed by atoms with van der Waals surface area (Å²) in [6.45, 7) is 6.57. The average molecular weight is 358 g/mol. The molecule has 2 aromatic carbocycles. The molecule has 0 aliphatic heterocycles.